The first-order valence-electron chi connectivity index (χ1n) is 5.09. The Morgan fingerprint density at radius 2 is 2.00 bits per heavy atom. The Morgan fingerprint density at radius 1 is 1.28 bits per heavy atom. The van der Waals surface area contributed by atoms with Crippen molar-refractivity contribution in [1.82, 2.24) is 10.1 Å². The number of halogens is 2. The van der Waals surface area contributed by atoms with Crippen LogP contribution in [0.2, 0.25) is 10.0 Å². The molecule has 4 N–H and O–H groups in total. The average molecular weight is 288 g/mol. The maximum atomic E-state index is 6.01. The summed E-state index contributed by atoms with van der Waals surface area (Å²) >= 11 is 11.9. The van der Waals surface area contributed by atoms with Crippen molar-refractivity contribution in [1.29, 1.82) is 0 Å². The molecule has 0 radical (unpaired) electrons. The third-order valence-corrected chi connectivity index (χ3v) is 2.76. The predicted molar refractivity (Wildman–Crippen MR) is 70.6 cm³/mol. The van der Waals surface area contributed by atoms with Crippen LogP contribution in [0.4, 0.5) is 11.6 Å². The van der Waals surface area contributed by atoms with E-state index in [1.54, 1.807) is 6.07 Å². The monoisotopic (exact) mass is 287 g/mol. The van der Waals surface area contributed by atoms with Gasteiger partial charge in [0.25, 0.3) is 0 Å². The number of anilines is 2. The molecule has 0 bridgehead atoms. The molecule has 0 aliphatic heterocycles. The van der Waals surface area contributed by atoms with Gasteiger partial charge < -0.3 is 15.3 Å². The van der Waals surface area contributed by atoms with Crippen LogP contribution < -0.4 is 16.6 Å². The third kappa shape index (κ3) is 2.84. The Kier molecular flexibility index (Phi) is 3.90. The van der Waals surface area contributed by atoms with Crippen LogP contribution in [0.1, 0.15) is 11.5 Å². The van der Waals surface area contributed by atoms with Crippen molar-refractivity contribution in [2.75, 3.05) is 10.7 Å². The molecule has 2 aromatic rings. The summed E-state index contributed by atoms with van der Waals surface area (Å²) < 4.78 is 4.95. The van der Waals surface area contributed by atoms with Crippen molar-refractivity contribution < 1.29 is 4.52 Å². The molecule has 0 aliphatic carbocycles. The van der Waals surface area contributed by atoms with Gasteiger partial charge in [-0.25, -0.2) is 10.8 Å². The summed E-state index contributed by atoms with van der Waals surface area (Å²) in [5.41, 5.74) is 3.14. The van der Waals surface area contributed by atoms with E-state index < -0.39 is 0 Å². The second-order valence-corrected chi connectivity index (χ2v) is 4.39. The van der Waals surface area contributed by atoms with E-state index in [4.69, 9.17) is 33.6 Å². The third-order valence-electron chi connectivity index (χ3n) is 2.18. The average Bonchev–Trinajstić information content (AvgIpc) is 2.74. The van der Waals surface area contributed by atoms with Crippen molar-refractivity contribution in [2.24, 2.45) is 5.84 Å². The number of hydrazine groups is 1. The van der Waals surface area contributed by atoms with Crippen molar-refractivity contribution >= 4 is 34.8 Å². The number of hydrogen-bond donors (Lipinski definition) is 3. The molecule has 2 aromatic heterocycles. The van der Waals surface area contributed by atoms with Crippen LogP contribution in [-0.4, -0.2) is 10.1 Å². The van der Waals surface area contributed by atoms with Gasteiger partial charge in [-0.05, 0) is 13.0 Å². The SMILES string of the molecule is Cc1cc(CNc2nc(NN)c(Cl)cc2Cl)no1. The topological polar surface area (TPSA) is 89.0 Å². The molecule has 0 aromatic carbocycles. The highest BCUT2D eigenvalue weighted by molar-refractivity contribution is 6.37. The lowest BCUT2D eigenvalue weighted by molar-refractivity contribution is 0.391. The lowest BCUT2D eigenvalue weighted by Crippen LogP contribution is -2.11. The Labute approximate surface area is 113 Å². The van der Waals surface area contributed by atoms with Gasteiger partial charge in [0.2, 0.25) is 0 Å². The zero-order chi connectivity index (χ0) is 13.1. The molecule has 0 atom stereocenters. The highest BCUT2D eigenvalue weighted by Crippen LogP contribution is 2.28. The van der Waals surface area contributed by atoms with Crippen LogP contribution in [0, 0.1) is 6.92 Å². The normalized spacial score (nSPS) is 10.4. The molecule has 0 amide bonds. The maximum Gasteiger partial charge on any atom is 0.161 e. The molecule has 0 saturated carbocycles. The van der Waals surface area contributed by atoms with Crippen molar-refractivity contribution in [3.05, 3.63) is 33.6 Å². The molecular formula is C10H11Cl2N5O. The van der Waals surface area contributed by atoms with E-state index in [-0.39, 0.29) is 0 Å². The molecule has 0 unspecified atom stereocenters. The second-order valence-electron chi connectivity index (χ2n) is 3.58. The molecule has 0 saturated heterocycles. The zero-order valence-electron chi connectivity index (χ0n) is 9.50. The fourth-order valence-electron chi connectivity index (χ4n) is 1.37. The first-order chi connectivity index (χ1) is 8.60. The minimum atomic E-state index is 0.347. The molecule has 8 heteroatoms. The number of rotatable bonds is 4. The van der Waals surface area contributed by atoms with E-state index in [1.165, 1.54) is 0 Å². The molecule has 6 nitrogen and oxygen atoms in total. The highest BCUT2D eigenvalue weighted by atomic mass is 35.5. The summed E-state index contributed by atoms with van der Waals surface area (Å²) in [6.45, 7) is 2.26. The van der Waals surface area contributed by atoms with Gasteiger partial charge in [-0.2, -0.15) is 0 Å². The van der Waals surface area contributed by atoms with E-state index in [9.17, 15) is 0 Å². The zero-order valence-corrected chi connectivity index (χ0v) is 11.0. The van der Waals surface area contributed by atoms with Gasteiger partial charge in [0.15, 0.2) is 5.82 Å². The van der Waals surface area contributed by atoms with Crippen LogP contribution in [0.3, 0.4) is 0 Å². The van der Waals surface area contributed by atoms with Gasteiger partial charge in [0, 0.05) is 6.07 Å². The fraction of sp³-hybridized carbons (Fsp3) is 0.200. The van der Waals surface area contributed by atoms with E-state index in [0.717, 1.165) is 11.5 Å². The molecule has 0 fully saturated rings. The van der Waals surface area contributed by atoms with Gasteiger partial charge in [-0.15, -0.1) is 0 Å². The summed E-state index contributed by atoms with van der Waals surface area (Å²) in [5, 5.41) is 7.62. The molecular weight excluding hydrogens is 277 g/mol. The minimum absolute atomic E-state index is 0.347. The van der Waals surface area contributed by atoms with Gasteiger partial charge in [0.05, 0.1) is 16.6 Å². The Morgan fingerprint density at radius 3 is 2.61 bits per heavy atom. The number of pyridine rings is 1. The van der Waals surface area contributed by atoms with Crippen molar-refractivity contribution in [2.45, 2.75) is 13.5 Å². The minimum Gasteiger partial charge on any atom is -0.363 e. The van der Waals surface area contributed by atoms with Crippen LogP contribution in [0.5, 0.6) is 0 Å². The second kappa shape index (κ2) is 5.43. The lowest BCUT2D eigenvalue weighted by Gasteiger charge is -2.09. The van der Waals surface area contributed by atoms with E-state index in [2.05, 4.69) is 20.9 Å². The number of nitrogens with one attached hydrogen (secondary N) is 2. The van der Waals surface area contributed by atoms with Crippen LogP contribution in [-0.2, 0) is 6.54 Å². The molecule has 2 rings (SSSR count). The first-order valence-corrected chi connectivity index (χ1v) is 5.84. The van der Waals surface area contributed by atoms with Gasteiger partial charge >= 0.3 is 0 Å². The van der Waals surface area contributed by atoms with E-state index >= 15 is 0 Å². The van der Waals surface area contributed by atoms with Crippen molar-refractivity contribution in [3.63, 3.8) is 0 Å². The number of hydrogen-bond acceptors (Lipinski definition) is 6. The lowest BCUT2D eigenvalue weighted by atomic mass is 10.3. The number of nitrogens with zero attached hydrogens (tertiary/aromatic N) is 2. The Bertz CT molecular complexity index is 557. The summed E-state index contributed by atoms with van der Waals surface area (Å²) in [4.78, 5) is 4.14. The number of aryl methyl sites for hydroxylation is 1. The first kappa shape index (κ1) is 12.9. The van der Waals surface area contributed by atoms with Gasteiger partial charge in [-0.1, -0.05) is 28.4 Å². The Balaban J connectivity index is 2.13. The Hall–Kier alpha value is -1.50. The molecule has 2 heterocycles. The number of aromatic nitrogens is 2. The molecule has 18 heavy (non-hydrogen) atoms. The van der Waals surface area contributed by atoms with Gasteiger partial charge in [-0.3, -0.25) is 0 Å². The predicted octanol–water partition coefficient (Wildman–Crippen LogP) is 2.58. The maximum absolute atomic E-state index is 6.01. The summed E-state index contributed by atoms with van der Waals surface area (Å²) in [5.74, 6) is 6.84. The largest absolute Gasteiger partial charge is 0.363 e. The smallest absolute Gasteiger partial charge is 0.161 e. The fourth-order valence-corrected chi connectivity index (χ4v) is 1.85. The van der Waals surface area contributed by atoms with Crippen molar-refractivity contribution in [3.8, 4) is 0 Å². The quantitative estimate of drug-likeness (QED) is 0.592. The van der Waals surface area contributed by atoms with Crippen LogP contribution in [0.25, 0.3) is 0 Å². The molecule has 0 aliphatic rings. The summed E-state index contributed by atoms with van der Waals surface area (Å²) in [7, 11) is 0. The van der Waals surface area contributed by atoms with Gasteiger partial charge in [0.1, 0.15) is 17.3 Å². The van der Waals surface area contributed by atoms with Crippen LogP contribution >= 0.6 is 23.2 Å². The molecule has 96 valence electrons. The summed E-state index contributed by atoms with van der Waals surface area (Å²) in [6.07, 6.45) is 0. The number of nitrogen functional groups attached to an aromatic ring is 1. The highest BCUT2D eigenvalue weighted by Gasteiger charge is 2.09. The standard InChI is InChI=1S/C10H11Cl2N5O/c1-5-2-6(17-18-5)4-14-9-7(11)3-8(12)10(15-9)16-13/h2-3H,4,13H2,1H3,(H2,14,15,16). The summed E-state index contributed by atoms with van der Waals surface area (Å²) in [6, 6.07) is 3.38. The van der Waals surface area contributed by atoms with Crippen LogP contribution in [0.15, 0.2) is 16.7 Å². The molecule has 0 spiro atoms. The van der Waals surface area contributed by atoms with E-state index in [0.29, 0.717) is 28.2 Å². The van der Waals surface area contributed by atoms with E-state index in [1.807, 2.05) is 13.0 Å². The number of nitrogens with two attached hydrogens (primary N) is 1.